The van der Waals surface area contributed by atoms with E-state index in [0.717, 1.165) is 0 Å². The molecule has 1 aromatic rings. The standard InChI is InChI=1S/C14H19NO4/c1-11(2)15(9-3-6-14(17)18)13(16)8-7-12-5-4-10-19-12/h4-5,7-8,10-11H,3,6,9H2,1-2H3,(H,17,18)/b8-7+. The van der Waals surface area contributed by atoms with Crippen LogP contribution >= 0.6 is 0 Å². The van der Waals surface area contributed by atoms with Crippen LogP contribution in [0.15, 0.2) is 28.9 Å². The number of hydrogen-bond acceptors (Lipinski definition) is 3. The van der Waals surface area contributed by atoms with Gasteiger partial charge in [-0.2, -0.15) is 0 Å². The van der Waals surface area contributed by atoms with Gasteiger partial charge in [0.1, 0.15) is 5.76 Å². The molecule has 0 spiro atoms. The molecule has 0 saturated heterocycles. The lowest BCUT2D eigenvalue weighted by atomic mass is 10.2. The topological polar surface area (TPSA) is 70.8 Å². The predicted molar refractivity (Wildman–Crippen MR) is 71.5 cm³/mol. The van der Waals surface area contributed by atoms with Gasteiger partial charge in [-0.1, -0.05) is 0 Å². The van der Waals surface area contributed by atoms with Crippen LogP contribution in [0.1, 0.15) is 32.4 Å². The Labute approximate surface area is 112 Å². The molecule has 0 radical (unpaired) electrons. The van der Waals surface area contributed by atoms with Crippen LogP contribution in [0.4, 0.5) is 0 Å². The number of carbonyl (C=O) groups is 2. The number of carbonyl (C=O) groups excluding carboxylic acids is 1. The second kappa shape index (κ2) is 7.41. The van der Waals surface area contributed by atoms with Crippen molar-refractivity contribution in [3.63, 3.8) is 0 Å². The molecule has 1 heterocycles. The maximum atomic E-state index is 12.0. The van der Waals surface area contributed by atoms with Gasteiger partial charge in [-0.3, -0.25) is 9.59 Å². The molecule has 0 unspecified atom stereocenters. The van der Waals surface area contributed by atoms with E-state index in [1.54, 1.807) is 23.1 Å². The predicted octanol–water partition coefficient (Wildman–Crippen LogP) is 2.39. The number of furan rings is 1. The highest BCUT2D eigenvalue weighted by atomic mass is 16.4. The Hall–Kier alpha value is -2.04. The minimum Gasteiger partial charge on any atom is -0.481 e. The number of nitrogens with zero attached hydrogens (tertiary/aromatic N) is 1. The Balaban J connectivity index is 2.55. The molecular formula is C14H19NO4. The molecule has 0 bridgehead atoms. The lowest BCUT2D eigenvalue weighted by molar-refractivity contribution is -0.138. The molecule has 1 amide bonds. The van der Waals surface area contributed by atoms with Crippen LogP contribution < -0.4 is 0 Å². The third-order valence-corrected chi connectivity index (χ3v) is 2.63. The van der Waals surface area contributed by atoms with Crippen LogP contribution in [-0.4, -0.2) is 34.5 Å². The molecule has 0 aliphatic carbocycles. The normalized spacial score (nSPS) is 11.1. The highest BCUT2D eigenvalue weighted by Gasteiger charge is 2.14. The molecule has 0 atom stereocenters. The Bertz CT molecular complexity index is 434. The third kappa shape index (κ3) is 5.42. The maximum absolute atomic E-state index is 12.0. The maximum Gasteiger partial charge on any atom is 0.303 e. The van der Waals surface area contributed by atoms with Gasteiger partial charge in [0, 0.05) is 25.1 Å². The summed E-state index contributed by atoms with van der Waals surface area (Å²) in [4.78, 5) is 24.1. The summed E-state index contributed by atoms with van der Waals surface area (Å²) in [5, 5.41) is 8.60. The Morgan fingerprint density at radius 1 is 1.47 bits per heavy atom. The minimum absolute atomic E-state index is 0.0301. The number of amides is 1. The Kier molecular flexibility index (Phi) is 5.85. The smallest absolute Gasteiger partial charge is 0.303 e. The van der Waals surface area contributed by atoms with Crippen molar-refractivity contribution < 1.29 is 19.1 Å². The van der Waals surface area contributed by atoms with Crippen LogP contribution in [0.2, 0.25) is 0 Å². The number of rotatable bonds is 7. The van der Waals surface area contributed by atoms with Crippen LogP contribution in [-0.2, 0) is 9.59 Å². The van der Waals surface area contributed by atoms with Crippen molar-refractivity contribution in [3.8, 4) is 0 Å². The third-order valence-electron chi connectivity index (χ3n) is 2.63. The minimum atomic E-state index is -0.845. The first kappa shape index (κ1) is 15.0. The molecule has 0 saturated carbocycles. The summed E-state index contributed by atoms with van der Waals surface area (Å²) in [5.74, 6) is -0.373. The fourth-order valence-electron chi connectivity index (χ4n) is 1.66. The summed E-state index contributed by atoms with van der Waals surface area (Å²) >= 11 is 0. The molecule has 104 valence electrons. The first-order chi connectivity index (χ1) is 9.00. The van der Waals surface area contributed by atoms with E-state index in [9.17, 15) is 9.59 Å². The summed E-state index contributed by atoms with van der Waals surface area (Å²) in [6.07, 6.45) is 5.11. The van der Waals surface area contributed by atoms with Crippen molar-refractivity contribution in [2.75, 3.05) is 6.54 Å². The SMILES string of the molecule is CC(C)N(CCCC(=O)O)C(=O)/C=C/c1ccco1. The zero-order valence-corrected chi connectivity index (χ0v) is 11.2. The van der Waals surface area contributed by atoms with E-state index in [2.05, 4.69) is 0 Å². The molecule has 0 aromatic carbocycles. The second-order valence-electron chi connectivity index (χ2n) is 4.47. The van der Waals surface area contributed by atoms with E-state index in [4.69, 9.17) is 9.52 Å². The molecular weight excluding hydrogens is 246 g/mol. The summed E-state index contributed by atoms with van der Waals surface area (Å²) in [6, 6.07) is 3.54. The molecule has 19 heavy (non-hydrogen) atoms. The fraction of sp³-hybridized carbons (Fsp3) is 0.429. The van der Waals surface area contributed by atoms with Crippen LogP contribution in [0.5, 0.6) is 0 Å². The van der Waals surface area contributed by atoms with Gasteiger partial charge in [0.05, 0.1) is 6.26 Å². The Morgan fingerprint density at radius 2 is 2.21 bits per heavy atom. The monoisotopic (exact) mass is 265 g/mol. The lowest BCUT2D eigenvalue weighted by Gasteiger charge is -2.25. The van der Waals surface area contributed by atoms with E-state index in [0.29, 0.717) is 18.7 Å². The van der Waals surface area contributed by atoms with Crippen molar-refractivity contribution in [1.82, 2.24) is 4.90 Å². The summed E-state index contributed by atoms with van der Waals surface area (Å²) in [5.41, 5.74) is 0. The number of hydrogen-bond donors (Lipinski definition) is 1. The quantitative estimate of drug-likeness (QED) is 0.768. The molecule has 0 aliphatic heterocycles. The molecule has 1 rings (SSSR count). The summed E-state index contributed by atoms with van der Waals surface area (Å²) < 4.78 is 5.10. The van der Waals surface area contributed by atoms with Gasteiger partial charge in [-0.05, 0) is 38.5 Å². The molecule has 5 heteroatoms. The van der Waals surface area contributed by atoms with Gasteiger partial charge in [0.15, 0.2) is 0 Å². The van der Waals surface area contributed by atoms with Crippen molar-refractivity contribution in [2.45, 2.75) is 32.7 Å². The van der Waals surface area contributed by atoms with Gasteiger partial charge in [0.25, 0.3) is 0 Å². The van der Waals surface area contributed by atoms with Crippen LogP contribution in [0.3, 0.4) is 0 Å². The van der Waals surface area contributed by atoms with Crippen molar-refractivity contribution >= 4 is 18.0 Å². The van der Waals surface area contributed by atoms with E-state index in [-0.39, 0.29) is 18.4 Å². The lowest BCUT2D eigenvalue weighted by Crippen LogP contribution is -2.36. The number of carboxylic acid groups (broad SMARTS) is 1. The van der Waals surface area contributed by atoms with E-state index < -0.39 is 5.97 Å². The van der Waals surface area contributed by atoms with Crippen LogP contribution in [0, 0.1) is 0 Å². The van der Waals surface area contributed by atoms with E-state index >= 15 is 0 Å². The summed E-state index contributed by atoms with van der Waals surface area (Å²) in [7, 11) is 0. The average molecular weight is 265 g/mol. The van der Waals surface area contributed by atoms with Gasteiger partial charge in [0.2, 0.25) is 5.91 Å². The van der Waals surface area contributed by atoms with Gasteiger partial charge in [-0.25, -0.2) is 0 Å². The van der Waals surface area contributed by atoms with E-state index in [1.165, 1.54) is 12.3 Å². The van der Waals surface area contributed by atoms with Gasteiger partial charge in [-0.15, -0.1) is 0 Å². The number of carboxylic acids is 1. The molecule has 1 N–H and O–H groups in total. The highest BCUT2D eigenvalue weighted by Crippen LogP contribution is 2.07. The first-order valence-electron chi connectivity index (χ1n) is 6.24. The zero-order valence-electron chi connectivity index (χ0n) is 11.2. The zero-order chi connectivity index (χ0) is 14.3. The van der Waals surface area contributed by atoms with E-state index in [1.807, 2.05) is 13.8 Å². The average Bonchev–Trinajstić information content (AvgIpc) is 2.84. The second-order valence-corrected chi connectivity index (χ2v) is 4.47. The van der Waals surface area contributed by atoms with Crippen molar-refractivity contribution in [3.05, 3.63) is 30.2 Å². The highest BCUT2D eigenvalue weighted by molar-refractivity contribution is 5.91. The van der Waals surface area contributed by atoms with Crippen molar-refractivity contribution in [1.29, 1.82) is 0 Å². The molecule has 0 aliphatic rings. The fourth-order valence-corrected chi connectivity index (χ4v) is 1.66. The largest absolute Gasteiger partial charge is 0.481 e. The molecule has 5 nitrogen and oxygen atoms in total. The summed E-state index contributed by atoms with van der Waals surface area (Å²) in [6.45, 7) is 4.24. The first-order valence-corrected chi connectivity index (χ1v) is 6.24. The molecule has 1 aromatic heterocycles. The Morgan fingerprint density at radius 3 is 2.74 bits per heavy atom. The van der Waals surface area contributed by atoms with Crippen molar-refractivity contribution in [2.24, 2.45) is 0 Å². The number of aliphatic carboxylic acids is 1. The molecule has 0 fully saturated rings. The van der Waals surface area contributed by atoms with Gasteiger partial charge < -0.3 is 14.4 Å². The van der Waals surface area contributed by atoms with Gasteiger partial charge >= 0.3 is 5.97 Å². The van der Waals surface area contributed by atoms with Crippen LogP contribution in [0.25, 0.3) is 6.08 Å².